The number of amides is 1. The van der Waals surface area contributed by atoms with E-state index in [1.807, 2.05) is 5.32 Å². The fraction of sp³-hybridized carbons (Fsp3) is 0.500. The highest BCUT2D eigenvalue weighted by molar-refractivity contribution is 7.09. The number of nitrogens with two attached hydrogens (primary N) is 1. The third-order valence-corrected chi connectivity index (χ3v) is 2.70. The predicted molar refractivity (Wildman–Crippen MR) is 52.8 cm³/mol. The van der Waals surface area contributed by atoms with Gasteiger partial charge in [-0.1, -0.05) is 0 Å². The molecule has 0 spiro atoms. The van der Waals surface area contributed by atoms with E-state index in [0.29, 0.717) is 5.69 Å². The lowest BCUT2D eigenvalue weighted by molar-refractivity contribution is -0.130. The van der Waals surface area contributed by atoms with Crippen LogP contribution in [0.1, 0.15) is 16.7 Å². The smallest absolute Gasteiger partial charge is 0.368 e. The number of carbonyl (C=O) groups excluding carboxylic acids is 1. The molecule has 0 bridgehead atoms. The summed E-state index contributed by atoms with van der Waals surface area (Å²) < 4.78 is 35.9. The number of aryl methyl sites for hydroxylation is 1. The van der Waals surface area contributed by atoms with E-state index in [4.69, 9.17) is 5.73 Å². The first kappa shape index (κ1) is 12.9. The molecular formula is C8H10F3N3OS. The quantitative estimate of drug-likeness (QED) is 0.845. The van der Waals surface area contributed by atoms with Crippen molar-refractivity contribution in [1.82, 2.24) is 10.3 Å². The van der Waals surface area contributed by atoms with Crippen molar-refractivity contribution in [2.75, 3.05) is 6.54 Å². The normalized spacial score (nSPS) is 13.8. The number of rotatable bonds is 4. The monoisotopic (exact) mass is 253 g/mol. The lowest BCUT2D eigenvalue weighted by Gasteiger charge is -2.14. The molecule has 0 aliphatic rings. The number of nitrogens with one attached hydrogen (secondary N) is 1. The molecule has 0 aliphatic heterocycles. The molecule has 1 atom stereocenters. The van der Waals surface area contributed by atoms with E-state index in [0.717, 1.165) is 11.3 Å². The molecule has 0 fully saturated rings. The summed E-state index contributed by atoms with van der Waals surface area (Å²) >= 11 is 1.09. The third kappa shape index (κ3) is 3.78. The number of hydrogen-bond acceptors (Lipinski definition) is 4. The van der Waals surface area contributed by atoms with Crippen molar-refractivity contribution in [3.8, 4) is 0 Å². The largest absolute Gasteiger partial charge is 0.401 e. The van der Waals surface area contributed by atoms with Crippen molar-refractivity contribution in [3.05, 3.63) is 16.1 Å². The van der Waals surface area contributed by atoms with Crippen molar-refractivity contribution in [2.24, 2.45) is 5.73 Å². The van der Waals surface area contributed by atoms with E-state index in [9.17, 15) is 18.0 Å². The van der Waals surface area contributed by atoms with Gasteiger partial charge >= 0.3 is 6.18 Å². The number of primary amides is 1. The number of nitrogens with zero attached hydrogens (tertiary/aromatic N) is 1. The molecular weight excluding hydrogens is 243 g/mol. The number of carbonyl (C=O) groups is 1. The Morgan fingerprint density at radius 3 is 2.69 bits per heavy atom. The first-order valence-electron chi connectivity index (χ1n) is 4.31. The summed E-state index contributed by atoms with van der Waals surface area (Å²) in [6.07, 6.45) is -4.39. The van der Waals surface area contributed by atoms with E-state index in [2.05, 4.69) is 4.98 Å². The maximum atomic E-state index is 12.0. The fourth-order valence-electron chi connectivity index (χ4n) is 1.03. The van der Waals surface area contributed by atoms with Crippen molar-refractivity contribution < 1.29 is 18.0 Å². The molecule has 0 saturated heterocycles. The van der Waals surface area contributed by atoms with Crippen LogP contribution in [-0.2, 0) is 4.79 Å². The highest BCUT2D eigenvalue weighted by Gasteiger charge is 2.31. The van der Waals surface area contributed by atoms with E-state index in [1.54, 1.807) is 12.3 Å². The standard InChI is InChI=1S/C8H10F3N3OS/c1-4-2-16-7(14-4)5(6(12)15)13-3-8(9,10)11/h2,5,13H,3H2,1H3,(H2,12,15). The SMILES string of the molecule is Cc1csc(C(NCC(F)(F)F)C(N)=O)n1. The first-order chi connectivity index (χ1) is 7.29. The van der Waals surface area contributed by atoms with E-state index < -0.39 is 24.7 Å². The Morgan fingerprint density at radius 1 is 1.69 bits per heavy atom. The van der Waals surface area contributed by atoms with Crippen LogP contribution in [-0.4, -0.2) is 23.6 Å². The zero-order chi connectivity index (χ0) is 12.3. The summed E-state index contributed by atoms with van der Waals surface area (Å²) in [7, 11) is 0. The second-order valence-corrected chi connectivity index (χ2v) is 4.05. The Bertz CT molecular complexity index is 377. The second kappa shape index (κ2) is 4.79. The molecule has 4 nitrogen and oxygen atoms in total. The van der Waals surface area contributed by atoms with Crippen molar-refractivity contribution >= 4 is 17.2 Å². The van der Waals surface area contributed by atoms with Crippen LogP contribution in [0.2, 0.25) is 0 Å². The van der Waals surface area contributed by atoms with Gasteiger partial charge in [-0.2, -0.15) is 13.2 Å². The summed E-state index contributed by atoms with van der Waals surface area (Å²) in [4.78, 5) is 14.9. The summed E-state index contributed by atoms with van der Waals surface area (Å²) in [5, 5.41) is 3.92. The number of alkyl halides is 3. The van der Waals surface area contributed by atoms with Gasteiger partial charge in [-0.25, -0.2) is 4.98 Å². The fourth-order valence-corrected chi connectivity index (χ4v) is 1.91. The molecule has 1 aromatic heterocycles. The van der Waals surface area contributed by atoms with E-state index >= 15 is 0 Å². The summed E-state index contributed by atoms with van der Waals surface area (Å²) in [5.74, 6) is -0.876. The molecule has 3 N–H and O–H groups in total. The van der Waals surface area contributed by atoms with Crippen molar-refractivity contribution in [1.29, 1.82) is 0 Å². The van der Waals surface area contributed by atoms with Crippen molar-refractivity contribution in [2.45, 2.75) is 19.1 Å². The van der Waals surface area contributed by atoms with Gasteiger partial charge in [0.2, 0.25) is 5.91 Å². The van der Waals surface area contributed by atoms with E-state index in [1.165, 1.54) is 0 Å². The minimum absolute atomic E-state index is 0.245. The number of aromatic nitrogens is 1. The van der Waals surface area contributed by atoms with Gasteiger partial charge in [0.05, 0.1) is 6.54 Å². The zero-order valence-corrected chi connectivity index (χ0v) is 9.15. The third-order valence-electron chi connectivity index (χ3n) is 1.67. The topological polar surface area (TPSA) is 68.0 Å². The highest BCUT2D eigenvalue weighted by atomic mass is 32.1. The average molecular weight is 253 g/mol. The van der Waals surface area contributed by atoms with Crippen LogP contribution in [0.4, 0.5) is 13.2 Å². The molecule has 1 heterocycles. The van der Waals surface area contributed by atoms with Crippen LogP contribution in [0.15, 0.2) is 5.38 Å². The Balaban J connectivity index is 2.73. The Hall–Kier alpha value is -1.15. The Labute approximate surface area is 93.7 Å². The van der Waals surface area contributed by atoms with Crippen LogP contribution in [0.3, 0.4) is 0 Å². The lowest BCUT2D eigenvalue weighted by Crippen LogP contribution is -2.38. The average Bonchev–Trinajstić information content (AvgIpc) is 2.49. The minimum Gasteiger partial charge on any atom is -0.368 e. The Morgan fingerprint density at radius 2 is 2.31 bits per heavy atom. The molecule has 0 radical (unpaired) electrons. The van der Waals surface area contributed by atoms with Crippen LogP contribution in [0.25, 0.3) is 0 Å². The lowest BCUT2D eigenvalue weighted by atomic mass is 10.3. The highest BCUT2D eigenvalue weighted by Crippen LogP contribution is 2.20. The van der Waals surface area contributed by atoms with Gasteiger partial charge in [0, 0.05) is 11.1 Å². The summed E-state index contributed by atoms with van der Waals surface area (Å²) in [6, 6.07) is -1.19. The van der Waals surface area contributed by atoms with Crippen LogP contribution < -0.4 is 11.1 Å². The predicted octanol–water partition coefficient (Wildman–Crippen LogP) is 1.13. The molecule has 1 amide bonds. The summed E-state index contributed by atoms with van der Waals surface area (Å²) in [6.45, 7) is 0.404. The van der Waals surface area contributed by atoms with Crippen LogP contribution in [0.5, 0.6) is 0 Å². The molecule has 90 valence electrons. The van der Waals surface area contributed by atoms with Crippen molar-refractivity contribution in [3.63, 3.8) is 0 Å². The van der Waals surface area contributed by atoms with Crippen LogP contribution in [0, 0.1) is 6.92 Å². The maximum absolute atomic E-state index is 12.0. The zero-order valence-electron chi connectivity index (χ0n) is 8.34. The van der Waals surface area contributed by atoms with Crippen LogP contribution >= 0.6 is 11.3 Å². The number of hydrogen-bond donors (Lipinski definition) is 2. The van der Waals surface area contributed by atoms with Gasteiger partial charge < -0.3 is 5.73 Å². The molecule has 1 rings (SSSR count). The Kier molecular flexibility index (Phi) is 3.87. The summed E-state index contributed by atoms with van der Waals surface area (Å²) in [5.41, 5.74) is 5.64. The minimum atomic E-state index is -4.39. The first-order valence-corrected chi connectivity index (χ1v) is 5.19. The van der Waals surface area contributed by atoms with Gasteiger partial charge in [-0.05, 0) is 6.92 Å². The van der Waals surface area contributed by atoms with Gasteiger partial charge in [-0.3, -0.25) is 10.1 Å². The second-order valence-electron chi connectivity index (χ2n) is 3.16. The van der Waals surface area contributed by atoms with Gasteiger partial charge in [0.1, 0.15) is 11.0 Å². The van der Waals surface area contributed by atoms with Gasteiger partial charge in [-0.15, -0.1) is 11.3 Å². The number of halogens is 3. The van der Waals surface area contributed by atoms with Gasteiger partial charge in [0.25, 0.3) is 0 Å². The van der Waals surface area contributed by atoms with Gasteiger partial charge in [0.15, 0.2) is 0 Å². The maximum Gasteiger partial charge on any atom is 0.401 e. The molecule has 0 saturated carbocycles. The van der Waals surface area contributed by atoms with E-state index in [-0.39, 0.29) is 5.01 Å². The molecule has 1 unspecified atom stereocenters. The molecule has 0 aliphatic carbocycles. The number of thiazole rings is 1. The molecule has 16 heavy (non-hydrogen) atoms. The molecule has 1 aromatic rings. The molecule has 8 heteroatoms. The molecule has 0 aromatic carbocycles.